The maximum atomic E-state index is 13.0. The number of amides is 1. The van der Waals surface area contributed by atoms with Crippen molar-refractivity contribution in [3.05, 3.63) is 54.0 Å². The molecule has 0 unspecified atom stereocenters. The Morgan fingerprint density at radius 3 is 2.72 bits per heavy atom. The van der Waals surface area contributed by atoms with Crippen LogP contribution in [-0.2, 0) is 6.54 Å². The van der Waals surface area contributed by atoms with Crippen molar-refractivity contribution >= 4 is 33.5 Å². The van der Waals surface area contributed by atoms with Gasteiger partial charge in [0.15, 0.2) is 0 Å². The average Bonchev–Trinajstić information content (AvgIpc) is 3.60. The number of aromatic nitrogens is 4. The smallest absolute Gasteiger partial charge is 0.256 e. The Hall–Kier alpha value is -3.23. The van der Waals surface area contributed by atoms with Crippen LogP contribution in [0.1, 0.15) is 73.5 Å². The first kappa shape index (κ1) is 24.5. The second kappa shape index (κ2) is 11.2. The summed E-state index contributed by atoms with van der Waals surface area (Å²) >= 11 is 0. The lowest BCUT2D eigenvalue weighted by molar-refractivity contribution is 0.102. The molecular formula is C28H37N7O. The molecule has 0 radical (unpaired) electrons. The highest BCUT2D eigenvalue weighted by atomic mass is 16.1. The molecule has 1 aromatic carbocycles. The van der Waals surface area contributed by atoms with Crippen molar-refractivity contribution in [2.24, 2.45) is 5.73 Å². The van der Waals surface area contributed by atoms with Crippen molar-refractivity contribution in [1.29, 1.82) is 0 Å². The van der Waals surface area contributed by atoms with Gasteiger partial charge in [0.25, 0.3) is 5.91 Å². The third-order valence-corrected chi connectivity index (χ3v) is 7.37. The quantitative estimate of drug-likeness (QED) is 0.251. The van der Waals surface area contributed by atoms with Gasteiger partial charge in [0.1, 0.15) is 5.82 Å². The summed E-state index contributed by atoms with van der Waals surface area (Å²) in [6, 6.07) is 10.3. The molecule has 36 heavy (non-hydrogen) atoms. The first-order valence-electron chi connectivity index (χ1n) is 13.3. The van der Waals surface area contributed by atoms with E-state index < -0.39 is 0 Å². The van der Waals surface area contributed by atoms with Crippen LogP contribution < -0.4 is 11.1 Å². The van der Waals surface area contributed by atoms with Crippen molar-refractivity contribution in [3.8, 4) is 0 Å². The fourth-order valence-electron chi connectivity index (χ4n) is 5.31. The van der Waals surface area contributed by atoms with Crippen LogP contribution in [0.3, 0.4) is 0 Å². The molecule has 0 saturated carbocycles. The van der Waals surface area contributed by atoms with Crippen molar-refractivity contribution in [1.82, 2.24) is 24.6 Å². The van der Waals surface area contributed by atoms with Gasteiger partial charge in [-0.05, 0) is 70.1 Å². The van der Waals surface area contributed by atoms with Crippen molar-refractivity contribution in [2.45, 2.75) is 64.0 Å². The normalized spacial score (nSPS) is 16.3. The lowest BCUT2D eigenvalue weighted by atomic mass is 10.1. The Morgan fingerprint density at radius 2 is 1.92 bits per heavy atom. The zero-order valence-electron chi connectivity index (χ0n) is 21.2. The number of benzene rings is 1. The number of likely N-dealkylation sites (tertiary alicyclic amines) is 1. The largest absolute Gasteiger partial charge is 0.357 e. The maximum absolute atomic E-state index is 13.0. The van der Waals surface area contributed by atoms with Gasteiger partial charge >= 0.3 is 0 Å². The van der Waals surface area contributed by atoms with Crippen molar-refractivity contribution < 1.29 is 4.79 Å². The number of carbonyl (C=O) groups excluding carboxylic acids is 1. The molecule has 8 nitrogen and oxygen atoms in total. The highest BCUT2D eigenvalue weighted by molar-refractivity contribution is 6.06. The van der Waals surface area contributed by atoms with Gasteiger partial charge in [-0.15, -0.1) is 0 Å². The van der Waals surface area contributed by atoms with Gasteiger partial charge in [0, 0.05) is 46.9 Å². The molecule has 1 aliphatic heterocycles. The number of aryl methyl sites for hydroxylation is 1. The van der Waals surface area contributed by atoms with E-state index in [9.17, 15) is 4.79 Å². The van der Waals surface area contributed by atoms with E-state index in [0.717, 1.165) is 60.7 Å². The number of H-pyrrole nitrogens is 1. The number of rotatable bonds is 11. The number of carbonyl (C=O) groups is 1. The molecule has 4 heterocycles. The van der Waals surface area contributed by atoms with E-state index in [1.807, 2.05) is 41.3 Å². The number of nitrogens with one attached hydrogen (secondary N) is 2. The fourth-order valence-corrected chi connectivity index (χ4v) is 5.31. The standard InChI is InChI=1S/C28H37N7O/c1-34-13-8-9-26(34)24-16-21-18-30-27(17-23(21)32-24)33-28(36)20-10-11-25-22(15-20)19-31-35(25)14-7-5-3-2-4-6-12-29/h10-11,15-19,26,32H,2-9,12-14,29H2,1H3,(H,30,33,36)/t26-/m1/s1. The second-order valence-electron chi connectivity index (χ2n) is 10.0. The molecule has 1 saturated heterocycles. The highest BCUT2D eigenvalue weighted by Crippen LogP contribution is 2.32. The van der Waals surface area contributed by atoms with E-state index in [4.69, 9.17) is 5.73 Å². The summed E-state index contributed by atoms with van der Waals surface area (Å²) in [5, 5.41) is 9.54. The third kappa shape index (κ3) is 5.44. The van der Waals surface area contributed by atoms with Crippen LogP contribution in [0.2, 0.25) is 0 Å². The Bertz CT molecular complexity index is 1320. The zero-order valence-corrected chi connectivity index (χ0v) is 21.2. The van der Waals surface area contributed by atoms with E-state index in [1.165, 1.54) is 37.8 Å². The van der Waals surface area contributed by atoms with E-state index >= 15 is 0 Å². The molecule has 0 spiro atoms. The van der Waals surface area contributed by atoms with Crippen LogP contribution >= 0.6 is 0 Å². The molecule has 1 fully saturated rings. The maximum Gasteiger partial charge on any atom is 0.256 e. The van der Waals surface area contributed by atoms with Gasteiger partial charge in [0.05, 0.1) is 17.2 Å². The Balaban J connectivity index is 1.20. The fraction of sp³-hybridized carbons (Fsp3) is 0.464. The number of unbranched alkanes of at least 4 members (excludes halogenated alkanes) is 5. The van der Waals surface area contributed by atoms with Gasteiger partial charge in [-0.2, -0.15) is 5.10 Å². The number of pyridine rings is 1. The molecule has 1 atom stereocenters. The minimum Gasteiger partial charge on any atom is -0.357 e. The van der Waals surface area contributed by atoms with Crippen LogP contribution in [0.5, 0.6) is 0 Å². The molecule has 1 aliphatic rings. The van der Waals surface area contributed by atoms with Crippen LogP contribution in [0, 0.1) is 0 Å². The predicted molar refractivity (Wildman–Crippen MR) is 145 cm³/mol. The van der Waals surface area contributed by atoms with Gasteiger partial charge in [-0.3, -0.25) is 14.4 Å². The van der Waals surface area contributed by atoms with E-state index in [2.05, 4.69) is 38.4 Å². The lowest BCUT2D eigenvalue weighted by Gasteiger charge is -2.17. The molecule has 3 aromatic heterocycles. The number of nitrogens with zero attached hydrogens (tertiary/aromatic N) is 4. The number of hydrogen-bond acceptors (Lipinski definition) is 5. The molecule has 8 heteroatoms. The molecule has 4 N–H and O–H groups in total. The van der Waals surface area contributed by atoms with Crippen molar-refractivity contribution in [2.75, 3.05) is 25.5 Å². The number of hydrogen-bond donors (Lipinski definition) is 3. The molecule has 4 aromatic rings. The molecular weight excluding hydrogens is 450 g/mol. The molecule has 190 valence electrons. The van der Waals surface area contributed by atoms with E-state index in [-0.39, 0.29) is 5.91 Å². The molecule has 1 amide bonds. The Kier molecular flexibility index (Phi) is 7.63. The van der Waals surface area contributed by atoms with Gasteiger partial charge < -0.3 is 16.0 Å². The Morgan fingerprint density at radius 1 is 1.08 bits per heavy atom. The molecule has 5 rings (SSSR count). The lowest BCUT2D eigenvalue weighted by Crippen LogP contribution is -2.17. The van der Waals surface area contributed by atoms with Crippen LogP contribution in [0.4, 0.5) is 5.82 Å². The summed E-state index contributed by atoms with van der Waals surface area (Å²) in [6.07, 6.45) is 13.2. The van der Waals surface area contributed by atoms with Gasteiger partial charge in [-0.1, -0.05) is 25.7 Å². The average molecular weight is 488 g/mol. The summed E-state index contributed by atoms with van der Waals surface area (Å²) in [6.45, 7) is 2.81. The topological polar surface area (TPSA) is 105 Å². The van der Waals surface area contributed by atoms with Crippen molar-refractivity contribution in [3.63, 3.8) is 0 Å². The van der Waals surface area contributed by atoms with E-state index in [1.54, 1.807) is 0 Å². The first-order chi connectivity index (χ1) is 17.6. The number of fused-ring (bicyclic) bond motifs is 2. The number of anilines is 1. The van der Waals surface area contributed by atoms with Gasteiger partial charge in [0.2, 0.25) is 0 Å². The minimum atomic E-state index is -0.170. The molecule has 0 aliphatic carbocycles. The first-order valence-corrected chi connectivity index (χ1v) is 13.3. The Labute approximate surface area is 212 Å². The summed E-state index contributed by atoms with van der Waals surface area (Å²) in [5.41, 5.74) is 9.42. The van der Waals surface area contributed by atoms with E-state index in [0.29, 0.717) is 17.4 Å². The minimum absolute atomic E-state index is 0.170. The van der Waals surface area contributed by atoms with Crippen LogP contribution in [0.25, 0.3) is 21.8 Å². The predicted octanol–water partition coefficient (Wildman–Crippen LogP) is 5.23. The van der Waals surface area contributed by atoms with Gasteiger partial charge in [-0.25, -0.2) is 4.98 Å². The molecule has 0 bridgehead atoms. The number of aromatic amines is 1. The third-order valence-electron chi connectivity index (χ3n) is 7.37. The van der Waals surface area contributed by atoms with Crippen LogP contribution in [0.15, 0.2) is 42.7 Å². The summed E-state index contributed by atoms with van der Waals surface area (Å²) < 4.78 is 2.04. The summed E-state index contributed by atoms with van der Waals surface area (Å²) in [7, 11) is 2.17. The van der Waals surface area contributed by atoms with Crippen LogP contribution in [-0.4, -0.2) is 50.7 Å². The summed E-state index contributed by atoms with van der Waals surface area (Å²) in [4.78, 5) is 23.4. The second-order valence-corrected chi connectivity index (χ2v) is 10.0. The SMILES string of the molecule is CN1CCC[C@@H]1c1cc2cnc(NC(=O)c3ccc4c(cnn4CCCCCCCCN)c3)cc2[nH]1. The highest BCUT2D eigenvalue weighted by Gasteiger charge is 2.24. The zero-order chi connectivity index (χ0) is 24.9. The summed E-state index contributed by atoms with van der Waals surface area (Å²) in [5.74, 6) is 0.374. The number of nitrogens with two attached hydrogens (primary N) is 1. The monoisotopic (exact) mass is 487 g/mol.